The van der Waals surface area contributed by atoms with Crippen LogP contribution in [0, 0.1) is 31.5 Å². The van der Waals surface area contributed by atoms with E-state index in [4.69, 9.17) is 49.3 Å². The molecule has 5 heterocycles. The van der Waals surface area contributed by atoms with Gasteiger partial charge < -0.3 is 63.1 Å². The number of fused-ring (bicyclic) bond motifs is 5. The number of esters is 4. The quantitative estimate of drug-likeness (QED) is 0.0421. The Balaban J connectivity index is 0.00000840. The number of aryl methyl sites for hydroxylation is 1. The Hall–Kier alpha value is -7.43. The normalized spacial score (nSPS) is 20.7. The van der Waals surface area contributed by atoms with Crippen molar-refractivity contribution >= 4 is 58.4 Å². The Bertz CT molecular complexity index is 3140. The molecule has 22 nitrogen and oxygen atoms in total. The Morgan fingerprint density at radius 2 is 1.80 bits per heavy atom. The van der Waals surface area contributed by atoms with Crippen LogP contribution in [0.2, 0.25) is 0 Å². The number of aliphatic hydroxyl groups is 1. The Morgan fingerprint density at radius 3 is 2.50 bits per heavy atom. The molecule has 0 bridgehead atoms. The van der Waals surface area contributed by atoms with Gasteiger partial charge in [-0.2, -0.15) is 0 Å². The van der Waals surface area contributed by atoms with Crippen molar-refractivity contribution in [3.05, 3.63) is 91.9 Å². The number of cyclic esters (lactones) is 1. The van der Waals surface area contributed by atoms with Crippen molar-refractivity contribution in [2.45, 2.75) is 109 Å². The fraction of sp³-hybridized carbons (Fsp3) is 0.423. The molecule has 2 aromatic carbocycles. The number of halogens is 1. The molecule has 4 aliphatic rings. The molecule has 405 valence electrons. The van der Waals surface area contributed by atoms with E-state index in [0.717, 1.165) is 25.9 Å². The second-order valence-electron chi connectivity index (χ2n) is 18.2. The van der Waals surface area contributed by atoms with Crippen LogP contribution in [0.4, 0.5) is 14.9 Å². The summed E-state index contributed by atoms with van der Waals surface area (Å²) in [5, 5.41) is 17.7. The summed E-state index contributed by atoms with van der Waals surface area (Å²) < 4.78 is 60.8. The van der Waals surface area contributed by atoms with E-state index in [-0.39, 0.29) is 84.1 Å². The van der Waals surface area contributed by atoms with Crippen molar-refractivity contribution in [2.24, 2.45) is 0 Å². The number of terminal acetylenes is 1. The number of hydrogen-bond acceptors (Lipinski definition) is 18. The molecule has 1 aliphatic carbocycles. The molecular weight excluding hydrogens is 1040 g/mol. The Kier molecular flexibility index (Phi) is 17.2. The Morgan fingerprint density at radius 1 is 1.07 bits per heavy atom. The maximum Gasteiger partial charge on any atom is 0.407 e. The first kappa shape index (κ1) is 56.3. The van der Waals surface area contributed by atoms with Crippen LogP contribution in [0.25, 0.3) is 22.3 Å². The van der Waals surface area contributed by atoms with Crippen LogP contribution in [-0.2, 0) is 110 Å². The van der Waals surface area contributed by atoms with Gasteiger partial charge in [-0.05, 0) is 66.6 Å². The number of alkyl carbamates (subject to hydrolysis) is 1. The second kappa shape index (κ2) is 23.2. The van der Waals surface area contributed by atoms with Crippen molar-refractivity contribution in [1.29, 1.82) is 0 Å². The number of likely N-dealkylation sites (N-methyl/N-ethyl adjacent to an activating group) is 1. The molecule has 24 heteroatoms. The summed E-state index contributed by atoms with van der Waals surface area (Å²) in [6.45, 7) is 4.28. The number of methoxy groups -OCH3 is 1. The molecule has 1 radical (unpaired) electrons. The average molecular weight is 1100 g/mol. The van der Waals surface area contributed by atoms with Gasteiger partial charge in [0.05, 0.1) is 67.4 Å². The number of rotatable bonds is 16. The predicted octanol–water partition coefficient (Wildman–Crippen LogP) is 3.22. The van der Waals surface area contributed by atoms with Crippen molar-refractivity contribution in [3.8, 4) is 29.5 Å². The first-order valence-electron chi connectivity index (χ1n) is 23.8. The monoisotopic (exact) mass is 1100 g/mol. The van der Waals surface area contributed by atoms with Crippen molar-refractivity contribution < 1.29 is 97.7 Å². The molecule has 3 amide bonds. The van der Waals surface area contributed by atoms with E-state index in [1.54, 1.807) is 19.9 Å². The Labute approximate surface area is 444 Å². The van der Waals surface area contributed by atoms with Crippen LogP contribution in [0.15, 0.2) is 35.1 Å². The fourth-order valence-electron chi connectivity index (χ4n) is 9.66. The van der Waals surface area contributed by atoms with Crippen molar-refractivity contribution in [1.82, 2.24) is 19.8 Å². The maximum absolute atomic E-state index is 15.5. The third kappa shape index (κ3) is 11.2. The van der Waals surface area contributed by atoms with Crippen LogP contribution in [0.5, 0.6) is 5.75 Å². The smallest absolute Gasteiger partial charge is 0.407 e. The number of hydrogen-bond donors (Lipinski definition) is 3. The summed E-state index contributed by atoms with van der Waals surface area (Å²) in [4.78, 5) is 110. The minimum Gasteiger partial charge on any atom is -0.492 e. The third-order valence-electron chi connectivity index (χ3n) is 13.3. The number of carbonyl (C=O) groups is 7. The minimum atomic E-state index is -2.08. The van der Waals surface area contributed by atoms with Crippen LogP contribution in [0.1, 0.15) is 85.0 Å². The number of nitrogens with one attached hydrogen (secondary N) is 2. The number of nitrogens with zero attached hydrogens (tertiary/aromatic N) is 3. The summed E-state index contributed by atoms with van der Waals surface area (Å²) >= 11 is 0. The van der Waals surface area contributed by atoms with Gasteiger partial charge in [-0.3, -0.25) is 24.0 Å². The molecule has 2 aromatic heterocycles. The van der Waals surface area contributed by atoms with Gasteiger partial charge in [-0.15, -0.1) is 6.42 Å². The molecule has 4 aromatic rings. The minimum absolute atomic E-state index is 0. The fourth-order valence-corrected chi connectivity index (χ4v) is 9.66. The number of pyridine rings is 2. The molecule has 6 atom stereocenters. The number of ether oxygens (including phenoxy) is 8. The zero-order chi connectivity index (χ0) is 54.0. The van der Waals surface area contributed by atoms with E-state index in [1.807, 2.05) is 0 Å². The van der Waals surface area contributed by atoms with Crippen LogP contribution in [-0.4, -0.2) is 120 Å². The van der Waals surface area contributed by atoms with Gasteiger partial charge in [0.25, 0.3) is 17.5 Å². The number of carbonyl (C=O) groups excluding carboxylic acids is 7. The summed E-state index contributed by atoms with van der Waals surface area (Å²) in [7, 11) is 2.48. The zero-order valence-corrected chi connectivity index (χ0v) is 43.1. The summed E-state index contributed by atoms with van der Waals surface area (Å²) in [6.07, 6.45) is 0.109. The summed E-state index contributed by atoms with van der Waals surface area (Å²) in [5.41, 5.74) is 1.03. The standard InChI is InChI=1S/C52H53FN5O17.Co/c1-8-15-69-16-14-42(62)57(6)22-41(61)54-35-17-28(10-13-38(35)74-49-40(73-27(5)60)20-39(72-26(4)59)46(75-49)48(64)68-7)23-71-51(66)56-34-12-11-29-25(3)33(53)19-36-43(29)44(34)30-21-58-37(45(30)55-36)18-32-31(47(58)63)24-70-50(65)52(32,67)9-2;/h1,10,13,17-20,34,39-40,46,49,67H,9,11-12,14-16,21-24H2,2-7H3,(H,54,61)(H,56,66);/q-1;/t34-,39-,40?,46?,49-,52-;/m1./s1. The molecule has 3 aliphatic heterocycles. The molecule has 1 fully saturated rings. The zero-order valence-electron chi connectivity index (χ0n) is 42.0. The first-order valence-corrected chi connectivity index (χ1v) is 23.8. The average Bonchev–Trinajstić information content (AvgIpc) is 3.75. The van der Waals surface area contributed by atoms with E-state index < -0.39 is 103 Å². The van der Waals surface area contributed by atoms with E-state index in [2.05, 4.69) is 16.6 Å². The predicted molar refractivity (Wildman–Crippen MR) is 257 cm³/mol. The molecular formula is C52H53CoFN5O17-. The van der Waals surface area contributed by atoms with Gasteiger partial charge >= 0.3 is 18.0 Å². The van der Waals surface area contributed by atoms with E-state index in [9.17, 15) is 43.5 Å². The molecule has 76 heavy (non-hydrogen) atoms. The maximum atomic E-state index is 15.5. The molecule has 8 rings (SSSR count). The largest absolute Gasteiger partial charge is 0.492 e. The van der Waals surface area contributed by atoms with Crippen molar-refractivity contribution in [3.63, 3.8) is 0 Å². The SMILES string of the molecule is C#CCOCCC(=O)N(C)CC(=O)Nc1cc(COC(=O)N[C@@H]2CCc3c(C)c(F)cc4nc5c(c2c34)Cn2c-5cc3c(c2=O)COC(=O)[C@@]3(O)CC)ccc1O[C@@H]1OC(C(=O)OC)[C@H](OC(C)=O)[CH-]C1OC(C)=O.[Co]. The number of benzene rings is 2. The number of aromatic nitrogens is 2. The van der Waals surface area contributed by atoms with Gasteiger partial charge in [0.15, 0.2) is 11.7 Å². The molecule has 2 unspecified atom stereocenters. The van der Waals surface area contributed by atoms with E-state index in [0.29, 0.717) is 57.4 Å². The van der Waals surface area contributed by atoms with Crippen LogP contribution >= 0.6 is 0 Å². The number of amides is 3. The molecule has 3 N–H and O–H groups in total. The van der Waals surface area contributed by atoms with Crippen LogP contribution < -0.4 is 20.9 Å². The molecule has 0 saturated carbocycles. The third-order valence-corrected chi connectivity index (χ3v) is 13.3. The van der Waals surface area contributed by atoms with Gasteiger partial charge in [-0.1, -0.05) is 18.9 Å². The summed E-state index contributed by atoms with van der Waals surface area (Å²) in [5.74, 6) is -2.86. The van der Waals surface area contributed by atoms with Gasteiger partial charge in [0.2, 0.25) is 18.1 Å². The van der Waals surface area contributed by atoms with Gasteiger partial charge in [-0.25, -0.2) is 30.2 Å². The molecule has 1 saturated heterocycles. The van der Waals surface area contributed by atoms with Gasteiger partial charge in [0.1, 0.15) is 31.4 Å². The van der Waals surface area contributed by atoms with Gasteiger partial charge in [0, 0.05) is 72.5 Å². The van der Waals surface area contributed by atoms with Crippen molar-refractivity contribution in [2.75, 3.05) is 39.2 Å². The topological polar surface area (TPSA) is 276 Å². The first-order chi connectivity index (χ1) is 35.8. The summed E-state index contributed by atoms with van der Waals surface area (Å²) in [6, 6.07) is 6.36. The van der Waals surface area contributed by atoms with Crippen LogP contribution in [0.3, 0.4) is 0 Å². The van der Waals surface area contributed by atoms with E-state index in [1.165, 1.54) is 42.3 Å². The van der Waals surface area contributed by atoms with E-state index >= 15 is 4.39 Å². The number of anilines is 1. The second-order valence-corrected chi connectivity index (χ2v) is 18.2. The molecule has 0 spiro atoms.